The molecule has 2 N–H and O–H groups in total. The van der Waals surface area contributed by atoms with Gasteiger partial charge in [-0.15, -0.1) is 0 Å². The van der Waals surface area contributed by atoms with Crippen LogP contribution in [0, 0.1) is 0 Å². The Hall–Kier alpha value is -1.97. The summed E-state index contributed by atoms with van der Waals surface area (Å²) in [5.74, 6) is 0.630. The van der Waals surface area contributed by atoms with Crippen LogP contribution in [-0.4, -0.2) is 18.1 Å². The predicted molar refractivity (Wildman–Crippen MR) is 135 cm³/mol. The summed E-state index contributed by atoms with van der Waals surface area (Å²) in [6, 6.07) is 5.14. The number of benzene rings is 1. The van der Waals surface area contributed by atoms with Crippen molar-refractivity contribution in [3.63, 3.8) is 0 Å². The second kappa shape index (κ2) is 18.6. The molecule has 182 valence electrons. The number of amides is 1. The zero-order chi connectivity index (χ0) is 23.4. The number of ether oxygens (including phenoxy) is 1. The summed E-state index contributed by atoms with van der Waals surface area (Å²) in [4.78, 5) is 12.1. The molecule has 0 aliphatic carbocycles. The zero-order valence-electron chi connectivity index (χ0n) is 20.9. The third-order valence-electron chi connectivity index (χ3n) is 6.08. The van der Waals surface area contributed by atoms with E-state index in [9.17, 15) is 9.90 Å². The molecule has 1 amide bonds. The van der Waals surface area contributed by atoms with E-state index in [0.717, 1.165) is 18.4 Å². The van der Waals surface area contributed by atoms with Crippen LogP contribution in [0.1, 0.15) is 116 Å². The number of nitrogens with one attached hydrogen (secondary N) is 1. The first-order valence-electron chi connectivity index (χ1n) is 12.9. The Morgan fingerprint density at radius 2 is 1.59 bits per heavy atom. The monoisotopic (exact) mass is 445 g/mol. The summed E-state index contributed by atoms with van der Waals surface area (Å²) in [6.07, 6.45) is 20.8. The van der Waals surface area contributed by atoms with E-state index < -0.39 is 0 Å². The second-order valence-corrected chi connectivity index (χ2v) is 8.82. The molecule has 0 aliphatic rings. The number of rotatable bonds is 19. The molecule has 32 heavy (non-hydrogen) atoms. The molecule has 1 aromatic rings. The van der Waals surface area contributed by atoms with Gasteiger partial charge in [-0.2, -0.15) is 0 Å². The van der Waals surface area contributed by atoms with Crippen molar-refractivity contribution in [3.8, 4) is 11.5 Å². The van der Waals surface area contributed by atoms with Crippen molar-refractivity contribution < 1.29 is 14.6 Å². The molecular formula is C28H47NO3. The molecule has 0 fully saturated rings. The van der Waals surface area contributed by atoms with Crippen molar-refractivity contribution >= 4 is 5.91 Å². The summed E-state index contributed by atoms with van der Waals surface area (Å²) in [7, 11) is 1.52. The molecule has 0 spiro atoms. The Balaban J connectivity index is 2.05. The first-order valence-corrected chi connectivity index (χ1v) is 12.9. The van der Waals surface area contributed by atoms with Gasteiger partial charge in [-0.1, -0.05) is 82.9 Å². The number of methoxy groups -OCH3 is 1. The number of unbranched alkanes of at least 4 members (excludes halogenated alkanes) is 10. The van der Waals surface area contributed by atoms with Crippen LogP contribution in [0.25, 0.3) is 0 Å². The number of carbonyl (C=O) groups excluding carboxylic acids is 1. The summed E-state index contributed by atoms with van der Waals surface area (Å²) in [6.45, 7) is 5.01. The van der Waals surface area contributed by atoms with Crippen molar-refractivity contribution in [2.45, 2.75) is 117 Å². The van der Waals surface area contributed by atoms with Gasteiger partial charge in [0.1, 0.15) is 0 Å². The van der Waals surface area contributed by atoms with Crippen molar-refractivity contribution in [1.29, 1.82) is 0 Å². The molecule has 0 heterocycles. The third-order valence-corrected chi connectivity index (χ3v) is 6.08. The molecule has 0 saturated heterocycles. The SMILES string of the molecule is CCCCCCCC/C=C(/CC)CCCCCCCC(=O)NCc1ccc(O)c(OC)c1. The van der Waals surface area contributed by atoms with Crippen LogP contribution in [0.5, 0.6) is 11.5 Å². The highest BCUT2D eigenvalue weighted by Crippen LogP contribution is 2.26. The van der Waals surface area contributed by atoms with Gasteiger partial charge in [-0.3, -0.25) is 4.79 Å². The zero-order valence-corrected chi connectivity index (χ0v) is 20.9. The summed E-state index contributed by atoms with van der Waals surface area (Å²) in [5, 5.41) is 12.6. The number of phenols is 1. The molecular weight excluding hydrogens is 398 g/mol. The van der Waals surface area contributed by atoms with E-state index in [1.165, 1.54) is 84.2 Å². The number of hydrogen-bond donors (Lipinski definition) is 2. The van der Waals surface area contributed by atoms with E-state index in [0.29, 0.717) is 18.7 Å². The maximum absolute atomic E-state index is 12.1. The van der Waals surface area contributed by atoms with Gasteiger partial charge in [0.2, 0.25) is 5.91 Å². The predicted octanol–water partition coefficient (Wildman–Crippen LogP) is 7.83. The average Bonchev–Trinajstić information content (AvgIpc) is 2.80. The Kier molecular flexibility index (Phi) is 16.3. The number of aromatic hydroxyl groups is 1. The Bertz CT molecular complexity index is 654. The molecule has 0 atom stereocenters. The Morgan fingerprint density at radius 1 is 0.938 bits per heavy atom. The lowest BCUT2D eigenvalue weighted by Crippen LogP contribution is -2.22. The number of carbonyl (C=O) groups is 1. The van der Waals surface area contributed by atoms with Crippen molar-refractivity contribution in [3.05, 3.63) is 35.4 Å². The maximum Gasteiger partial charge on any atom is 0.220 e. The molecule has 4 heteroatoms. The van der Waals surface area contributed by atoms with Gasteiger partial charge in [0.15, 0.2) is 11.5 Å². The highest BCUT2D eigenvalue weighted by Gasteiger charge is 2.05. The Labute approximate surface area is 196 Å². The van der Waals surface area contributed by atoms with Crippen LogP contribution in [0.3, 0.4) is 0 Å². The summed E-state index contributed by atoms with van der Waals surface area (Å²) < 4.78 is 5.10. The molecule has 0 unspecified atom stereocenters. The lowest BCUT2D eigenvalue weighted by Gasteiger charge is -2.08. The minimum atomic E-state index is 0.0861. The van der Waals surface area contributed by atoms with Crippen molar-refractivity contribution in [2.24, 2.45) is 0 Å². The summed E-state index contributed by atoms with van der Waals surface area (Å²) >= 11 is 0. The van der Waals surface area contributed by atoms with Gasteiger partial charge in [0.05, 0.1) is 7.11 Å². The Morgan fingerprint density at radius 3 is 2.28 bits per heavy atom. The van der Waals surface area contributed by atoms with E-state index in [-0.39, 0.29) is 11.7 Å². The third kappa shape index (κ3) is 13.4. The number of allylic oxidation sites excluding steroid dienone is 2. The van der Waals surface area contributed by atoms with E-state index in [2.05, 4.69) is 25.2 Å². The van der Waals surface area contributed by atoms with E-state index in [1.807, 2.05) is 0 Å². The van der Waals surface area contributed by atoms with Gasteiger partial charge < -0.3 is 15.2 Å². The molecule has 1 aromatic carbocycles. The van der Waals surface area contributed by atoms with Crippen LogP contribution < -0.4 is 10.1 Å². The minimum absolute atomic E-state index is 0.0861. The first kappa shape index (κ1) is 28.1. The molecule has 4 nitrogen and oxygen atoms in total. The molecule has 0 radical (unpaired) electrons. The lowest BCUT2D eigenvalue weighted by molar-refractivity contribution is -0.121. The van der Waals surface area contributed by atoms with Gasteiger partial charge in [0, 0.05) is 13.0 Å². The number of hydrogen-bond acceptors (Lipinski definition) is 3. The van der Waals surface area contributed by atoms with Crippen LogP contribution in [0.2, 0.25) is 0 Å². The molecule has 0 aromatic heterocycles. The molecule has 0 aliphatic heterocycles. The second-order valence-electron chi connectivity index (χ2n) is 8.82. The van der Waals surface area contributed by atoms with Crippen LogP contribution in [-0.2, 0) is 11.3 Å². The van der Waals surface area contributed by atoms with Gasteiger partial charge in [-0.05, 0) is 56.2 Å². The highest BCUT2D eigenvalue weighted by atomic mass is 16.5. The van der Waals surface area contributed by atoms with E-state index in [1.54, 1.807) is 23.8 Å². The fraction of sp³-hybridized carbons (Fsp3) is 0.679. The van der Waals surface area contributed by atoms with Crippen LogP contribution >= 0.6 is 0 Å². The average molecular weight is 446 g/mol. The highest BCUT2D eigenvalue weighted by molar-refractivity contribution is 5.75. The van der Waals surface area contributed by atoms with E-state index in [4.69, 9.17) is 4.74 Å². The van der Waals surface area contributed by atoms with Gasteiger partial charge in [-0.25, -0.2) is 0 Å². The smallest absolute Gasteiger partial charge is 0.220 e. The lowest BCUT2D eigenvalue weighted by atomic mass is 10.0. The topological polar surface area (TPSA) is 58.6 Å². The standard InChI is InChI=1S/C28H47NO3/c1-4-6-7-8-9-11-14-17-24(5-2)18-15-12-10-13-16-19-28(31)29-23-25-20-21-26(30)27(22-25)32-3/h17,20-22,30H,4-16,18-19,23H2,1-3H3,(H,29,31)/b24-17-. The van der Waals surface area contributed by atoms with Gasteiger partial charge in [0.25, 0.3) is 0 Å². The fourth-order valence-electron chi connectivity index (χ4n) is 3.94. The van der Waals surface area contributed by atoms with Gasteiger partial charge >= 0.3 is 0 Å². The normalized spacial score (nSPS) is 11.5. The first-order chi connectivity index (χ1) is 15.6. The molecule has 1 rings (SSSR count). The molecule has 0 saturated carbocycles. The minimum Gasteiger partial charge on any atom is -0.504 e. The van der Waals surface area contributed by atoms with Crippen molar-refractivity contribution in [2.75, 3.05) is 7.11 Å². The molecule has 0 bridgehead atoms. The number of phenolic OH excluding ortho intramolecular Hbond substituents is 1. The van der Waals surface area contributed by atoms with Crippen LogP contribution in [0.15, 0.2) is 29.8 Å². The van der Waals surface area contributed by atoms with Crippen molar-refractivity contribution in [1.82, 2.24) is 5.32 Å². The quantitative estimate of drug-likeness (QED) is 0.168. The van der Waals surface area contributed by atoms with E-state index >= 15 is 0 Å². The largest absolute Gasteiger partial charge is 0.504 e. The maximum atomic E-state index is 12.1. The van der Waals surface area contributed by atoms with Crippen LogP contribution in [0.4, 0.5) is 0 Å². The summed E-state index contributed by atoms with van der Waals surface area (Å²) in [5.41, 5.74) is 2.55. The fourth-order valence-corrected chi connectivity index (χ4v) is 3.94.